The third-order valence-corrected chi connectivity index (χ3v) is 8.12. The van der Waals surface area contributed by atoms with Gasteiger partial charge in [0.25, 0.3) is 11.8 Å². The molecule has 0 bridgehead atoms. The first-order valence-electron chi connectivity index (χ1n) is 15.4. The summed E-state index contributed by atoms with van der Waals surface area (Å²) in [5.74, 6) is -0.418. The summed E-state index contributed by atoms with van der Waals surface area (Å²) in [5.41, 5.74) is 4.71. The highest BCUT2D eigenvalue weighted by Gasteiger charge is 2.29. The highest BCUT2D eigenvalue weighted by molar-refractivity contribution is 6.00. The molecule has 2 amide bonds. The van der Waals surface area contributed by atoms with Crippen molar-refractivity contribution in [1.29, 1.82) is 0 Å². The normalized spacial score (nSPS) is 21.5. The van der Waals surface area contributed by atoms with Crippen LogP contribution in [0.2, 0.25) is 0 Å². The molecule has 2 unspecified atom stereocenters. The van der Waals surface area contributed by atoms with Crippen LogP contribution in [-0.4, -0.2) is 52.7 Å². The van der Waals surface area contributed by atoms with Crippen molar-refractivity contribution < 1.29 is 18.7 Å². The van der Waals surface area contributed by atoms with Crippen molar-refractivity contribution >= 4 is 28.4 Å². The first-order valence-corrected chi connectivity index (χ1v) is 15.4. The number of rotatable bonds is 11. The Kier molecular flexibility index (Phi) is 8.90. The molecule has 5 N–H and O–H groups in total. The number of dihydropyridines is 1. The molecule has 3 heterocycles. The number of aromatic amines is 1. The fourth-order valence-corrected chi connectivity index (χ4v) is 5.85. The van der Waals surface area contributed by atoms with Gasteiger partial charge in [0.05, 0.1) is 23.3 Å². The third kappa shape index (κ3) is 7.26. The van der Waals surface area contributed by atoms with E-state index in [1.165, 1.54) is 12.1 Å². The molecule has 1 aromatic carbocycles. The van der Waals surface area contributed by atoms with Crippen molar-refractivity contribution in [2.24, 2.45) is 5.92 Å². The maximum absolute atomic E-state index is 13.6. The second-order valence-corrected chi connectivity index (χ2v) is 12.1. The lowest BCUT2D eigenvalue weighted by Crippen LogP contribution is -2.48. The minimum Gasteiger partial charge on any atom is -0.372 e. The number of benzene rings is 1. The van der Waals surface area contributed by atoms with Gasteiger partial charge in [-0.25, -0.2) is 9.37 Å². The molecule has 1 fully saturated rings. The first-order chi connectivity index (χ1) is 21.3. The van der Waals surface area contributed by atoms with Gasteiger partial charge < -0.3 is 25.7 Å². The minimum atomic E-state index is -0.379. The van der Waals surface area contributed by atoms with Gasteiger partial charge in [-0.15, -0.1) is 0 Å². The molecule has 0 spiro atoms. The number of hydrogen-bond donors (Lipinski definition) is 5. The summed E-state index contributed by atoms with van der Waals surface area (Å²) in [5, 5.41) is 13.7. The Bertz CT molecular complexity index is 1620. The lowest BCUT2D eigenvalue weighted by Gasteiger charge is -2.32. The Morgan fingerprint density at radius 2 is 2.05 bits per heavy atom. The number of H-pyrrole nitrogens is 1. The number of carbonyl (C=O) groups excluding carboxylic acids is 2. The average molecular weight is 599 g/mol. The van der Waals surface area contributed by atoms with E-state index in [-0.39, 0.29) is 54.5 Å². The van der Waals surface area contributed by atoms with Gasteiger partial charge in [0, 0.05) is 42.5 Å². The number of halogens is 1. The van der Waals surface area contributed by atoms with Crippen molar-refractivity contribution in [3.63, 3.8) is 0 Å². The fraction of sp³-hybridized carbons (Fsp3) is 0.382. The third-order valence-electron chi connectivity index (χ3n) is 8.12. The van der Waals surface area contributed by atoms with Gasteiger partial charge >= 0.3 is 0 Å². The molecular weight excluding hydrogens is 559 g/mol. The summed E-state index contributed by atoms with van der Waals surface area (Å²) in [6.07, 6.45) is 14.5. The van der Waals surface area contributed by atoms with Crippen molar-refractivity contribution in [2.75, 3.05) is 6.54 Å². The Morgan fingerprint density at radius 3 is 2.84 bits per heavy atom. The Labute approximate surface area is 256 Å². The molecule has 230 valence electrons. The topological polar surface area (TPSA) is 120 Å². The molecule has 1 aliphatic heterocycles. The SMILES string of the molecule is CC(C)O[C@H]1C=C(c2c[nH]c3ncc(C(=O)NC4CC4)cc23)CC(CNC2NC=CC=C2C(=O)NCc2cccc(F)c2)C1. The zero-order chi connectivity index (χ0) is 30.6. The zero-order valence-electron chi connectivity index (χ0n) is 25.0. The van der Waals surface area contributed by atoms with E-state index in [0.29, 0.717) is 23.2 Å². The van der Waals surface area contributed by atoms with Gasteiger partial charge in [-0.1, -0.05) is 18.2 Å². The molecule has 10 heteroatoms. The molecule has 0 saturated heterocycles. The van der Waals surface area contributed by atoms with Crippen LogP contribution in [0.1, 0.15) is 61.0 Å². The highest BCUT2D eigenvalue weighted by atomic mass is 19.1. The molecule has 2 aliphatic carbocycles. The predicted molar refractivity (Wildman–Crippen MR) is 168 cm³/mol. The molecule has 1 saturated carbocycles. The second-order valence-electron chi connectivity index (χ2n) is 12.1. The van der Waals surface area contributed by atoms with Crippen molar-refractivity contribution in [3.05, 3.63) is 95.2 Å². The Balaban J connectivity index is 1.15. The molecule has 3 aliphatic rings. The number of hydrogen-bond acceptors (Lipinski definition) is 6. The monoisotopic (exact) mass is 598 g/mol. The average Bonchev–Trinajstić information content (AvgIpc) is 3.73. The van der Waals surface area contributed by atoms with E-state index in [4.69, 9.17) is 4.74 Å². The van der Waals surface area contributed by atoms with E-state index in [9.17, 15) is 14.0 Å². The van der Waals surface area contributed by atoms with Crippen LogP contribution in [0.15, 0.2) is 72.7 Å². The summed E-state index contributed by atoms with van der Waals surface area (Å²) < 4.78 is 19.9. The summed E-state index contributed by atoms with van der Waals surface area (Å²) in [6.45, 7) is 4.95. The highest BCUT2D eigenvalue weighted by Crippen LogP contribution is 2.36. The number of pyridine rings is 1. The number of ether oxygens (including phenoxy) is 1. The van der Waals surface area contributed by atoms with Crippen LogP contribution in [0.5, 0.6) is 0 Å². The van der Waals surface area contributed by atoms with Gasteiger partial charge in [-0.2, -0.15) is 0 Å². The number of nitrogens with one attached hydrogen (secondary N) is 5. The number of nitrogens with zero attached hydrogens (tertiary/aromatic N) is 1. The molecule has 3 aromatic rings. The summed E-state index contributed by atoms with van der Waals surface area (Å²) in [4.78, 5) is 33.7. The summed E-state index contributed by atoms with van der Waals surface area (Å²) in [7, 11) is 0. The van der Waals surface area contributed by atoms with E-state index in [0.717, 1.165) is 47.9 Å². The second kappa shape index (κ2) is 13.2. The standard InChI is InChI=1S/C34H39FN6O3/c1-20(2)44-27-13-22(17-37-31-28(7-4-10-36-31)34(43)40-16-21-5-3-6-25(35)12-21)11-23(14-27)30-19-39-32-29(30)15-24(18-38-32)33(42)41-26-8-9-26/h3-7,10,12,14-15,18-20,22,26-27,31,36-37H,8-9,11,13,16-17H2,1-2H3,(H,38,39)(H,40,43)(H,41,42)/t22?,27-,31?/m1/s1. The van der Waals surface area contributed by atoms with Crippen LogP contribution in [0, 0.1) is 11.7 Å². The fourth-order valence-electron chi connectivity index (χ4n) is 5.85. The number of amides is 2. The number of aromatic nitrogens is 2. The molecule has 0 radical (unpaired) electrons. The Morgan fingerprint density at radius 1 is 1.18 bits per heavy atom. The molecule has 3 atom stereocenters. The quantitative estimate of drug-likeness (QED) is 0.222. The van der Waals surface area contributed by atoms with Crippen LogP contribution in [-0.2, 0) is 16.1 Å². The lowest BCUT2D eigenvalue weighted by molar-refractivity contribution is -0.118. The van der Waals surface area contributed by atoms with Crippen LogP contribution >= 0.6 is 0 Å². The zero-order valence-corrected chi connectivity index (χ0v) is 25.0. The lowest BCUT2D eigenvalue weighted by atomic mass is 9.83. The summed E-state index contributed by atoms with van der Waals surface area (Å²) in [6, 6.07) is 8.41. The van der Waals surface area contributed by atoms with Gasteiger partial charge in [0.2, 0.25) is 0 Å². The molecule has 44 heavy (non-hydrogen) atoms. The Hall–Kier alpha value is -4.28. The largest absolute Gasteiger partial charge is 0.372 e. The molecule has 6 rings (SSSR count). The van der Waals surface area contributed by atoms with Gasteiger partial charge in [0.1, 0.15) is 17.6 Å². The first kappa shape index (κ1) is 29.8. The predicted octanol–water partition coefficient (Wildman–Crippen LogP) is 4.46. The van der Waals surface area contributed by atoms with Crippen molar-refractivity contribution in [2.45, 2.75) is 70.5 Å². The number of fused-ring (bicyclic) bond motifs is 1. The maximum Gasteiger partial charge on any atom is 0.253 e. The number of allylic oxidation sites excluding steroid dienone is 3. The molecule has 9 nitrogen and oxygen atoms in total. The van der Waals surface area contributed by atoms with Gasteiger partial charge in [-0.3, -0.25) is 14.9 Å². The minimum absolute atomic E-state index is 0.0630. The van der Waals surface area contributed by atoms with Crippen LogP contribution < -0.4 is 21.3 Å². The van der Waals surface area contributed by atoms with E-state index >= 15 is 0 Å². The van der Waals surface area contributed by atoms with Gasteiger partial charge in [0.15, 0.2) is 0 Å². The van der Waals surface area contributed by atoms with Crippen LogP contribution in [0.25, 0.3) is 16.6 Å². The summed E-state index contributed by atoms with van der Waals surface area (Å²) >= 11 is 0. The van der Waals surface area contributed by atoms with Crippen LogP contribution in [0.3, 0.4) is 0 Å². The smallest absolute Gasteiger partial charge is 0.253 e. The van der Waals surface area contributed by atoms with Gasteiger partial charge in [-0.05, 0) is 93.1 Å². The van der Waals surface area contributed by atoms with E-state index < -0.39 is 0 Å². The van der Waals surface area contributed by atoms with Crippen molar-refractivity contribution in [3.8, 4) is 0 Å². The van der Waals surface area contributed by atoms with E-state index in [1.807, 2.05) is 32.3 Å². The van der Waals surface area contributed by atoms with Crippen LogP contribution in [0.4, 0.5) is 4.39 Å². The molecule has 2 aromatic heterocycles. The number of carbonyl (C=O) groups is 2. The maximum atomic E-state index is 13.6. The van der Waals surface area contributed by atoms with Crippen molar-refractivity contribution in [1.82, 2.24) is 31.2 Å². The van der Waals surface area contributed by atoms with E-state index in [1.54, 1.807) is 30.5 Å². The van der Waals surface area contributed by atoms with E-state index in [2.05, 4.69) is 37.3 Å². The molecular formula is C34H39FN6O3.